The zero-order valence-electron chi connectivity index (χ0n) is 15.0. The zero-order chi connectivity index (χ0) is 18.6. The van der Waals surface area contributed by atoms with Crippen molar-refractivity contribution in [2.75, 3.05) is 0 Å². The molecular formula is C21H19ClN4S. The lowest BCUT2D eigenvalue weighted by molar-refractivity contribution is 0.651. The Kier molecular flexibility index (Phi) is 5.41. The van der Waals surface area contributed by atoms with Crippen LogP contribution in [0.2, 0.25) is 5.02 Å². The summed E-state index contributed by atoms with van der Waals surface area (Å²) in [6.45, 7) is 2.97. The maximum Gasteiger partial charge on any atom is 0.191 e. The second-order valence-electron chi connectivity index (χ2n) is 6.20. The molecule has 0 aliphatic carbocycles. The normalized spacial score (nSPS) is 11.2. The van der Waals surface area contributed by atoms with Crippen molar-refractivity contribution < 1.29 is 0 Å². The zero-order valence-corrected chi connectivity index (χ0v) is 16.5. The van der Waals surface area contributed by atoms with E-state index in [4.69, 9.17) is 11.6 Å². The SMILES string of the molecule is CCn1c(Cc2ccccc2)nnc1SCc1ccc(Cl)c2cccnc12. The van der Waals surface area contributed by atoms with Crippen molar-refractivity contribution >= 4 is 34.3 Å². The van der Waals surface area contributed by atoms with Crippen LogP contribution in [0, 0.1) is 0 Å². The molecule has 4 nitrogen and oxygen atoms in total. The fourth-order valence-corrected chi connectivity index (χ4v) is 4.33. The first kappa shape index (κ1) is 18.0. The summed E-state index contributed by atoms with van der Waals surface area (Å²) in [5.41, 5.74) is 3.34. The van der Waals surface area contributed by atoms with Crippen molar-refractivity contribution in [2.24, 2.45) is 0 Å². The molecule has 2 aromatic carbocycles. The number of hydrogen-bond acceptors (Lipinski definition) is 4. The highest BCUT2D eigenvalue weighted by atomic mass is 35.5. The Balaban J connectivity index is 1.56. The lowest BCUT2D eigenvalue weighted by Gasteiger charge is -2.09. The molecular weight excluding hydrogens is 376 g/mol. The van der Waals surface area contributed by atoms with Crippen LogP contribution < -0.4 is 0 Å². The van der Waals surface area contributed by atoms with Crippen molar-refractivity contribution in [2.45, 2.75) is 30.8 Å². The van der Waals surface area contributed by atoms with Crippen LogP contribution in [-0.4, -0.2) is 19.7 Å². The average molecular weight is 395 g/mol. The number of benzene rings is 2. The largest absolute Gasteiger partial charge is 0.306 e. The average Bonchev–Trinajstić information content (AvgIpc) is 3.10. The van der Waals surface area contributed by atoms with E-state index < -0.39 is 0 Å². The molecule has 0 saturated carbocycles. The van der Waals surface area contributed by atoms with E-state index in [-0.39, 0.29) is 0 Å². The highest BCUT2D eigenvalue weighted by Gasteiger charge is 2.13. The summed E-state index contributed by atoms with van der Waals surface area (Å²) in [5.74, 6) is 1.76. The maximum atomic E-state index is 6.30. The predicted molar refractivity (Wildman–Crippen MR) is 111 cm³/mol. The van der Waals surface area contributed by atoms with E-state index in [2.05, 4.69) is 50.9 Å². The number of aromatic nitrogens is 4. The van der Waals surface area contributed by atoms with Crippen LogP contribution in [0.15, 0.2) is 66.0 Å². The Hall–Kier alpha value is -2.37. The van der Waals surface area contributed by atoms with E-state index in [1.807, 2.05) is 30.3 Å². The molecule has 0 fully saturated rings. The van der Waals surface area contributed by atoms with Crippen molar-refractivity contribution in [3.05, 3.63) is 82.8 Å². The Morgan fingerprint density at radius 1 is 1.00 bits per heavy atom. The quantitative estimate of drug-likeness (QED) is 0.411. The highest BCUT2D eigenvalue weighted by Crippen LogP contribution is 2.29. The molecule has 136 valence electrons. The van der Waals surface area contributed by atoms with Gasteiger partial charge in [0, 0.05) is 35.3 Å². The number of halogens is 1. The van der Waals surface area contributed by atoms with Crippen LogP contribution >= 0.6 is 23.4 Å². The smallest absolute Gasteiger partial charge is 0.191 e. The van der Waals surface area contributed by atoms with E-state index in [0.717, 1.165) is 51.2 Å². The summed E-state index contributed by atoms with van der Waals surface area (Å²) in [6.07, 6.45) is 2.59. The monoisotopic (exact) mass is 394 g/mol. The van der Waals surface area contributed by atoms with Crippen LogP contribution in [0.4, 0.5) is 0 Å². The highest BCUT2D eigenvalue weighted by molar-refractivity contribution is 7.98. The minimum absolute atomic E-state index is 0.730. The van der Waals surface area contributed by atoms with Gasteiger partial charge in [0.2, 0.25) is 0 Å². The second-order valence-corrected chi connectivity index (χ2v) is 7.55. The van der Waals surface area contributed by atoms with Gasteiger partial charge < -0.3 is 4.57 Å². The van der Waals surface area contributed by atoms with Gasteiger partial charge in [-0.2, -0.15) is 0 Å². The molecule has 2 heterocycles. The van der Waals surface area contributed by atoms with E-state index in [0.29, 0.717) is 0 Å². The predicted octanol–water partition coefficient (Wildman–Crippen LogP) is 5.38. The summed E-state index contributed by atoms with van der Waals surface area (Å²) in [6, 6.07) is 18.3. The number of nitrogens with zero attached hydrogens (tertiary/aromatic N) is 4. The molecule has 0 aliphatic rings. The molecule has 6 heteroatoms. The number of rotatable bonds is 6. The summed E-state index contributed by atoms with van der Waals surface area (Å²) in [5, 5.41) is 11.5. The van der Waals surface area contributed by atoms with Gasteiger partial charge in [0.25, 0.3) is 0 Å². The number of hydrogen-bond donors (Lipinski definition) is 0. The molecule has 0 N–H and O–H groups in total. The lowest BCUT2D eigenvalue weighted by atomic mass is 10.1. The third-order valence-corrected chi connectivity index (χ3v) is 5.82. The van der Waals surface area contributed by atoms with E-state index in [1.54, 1.807) is 18.0 Å². The van der Waals surface area contributed by atoms with E-state index in [1.165, 1.54) is 5.56 Å². The minimum atomic E-state index is 0.730. The molecule has 27 heavy (non-hydrogen) atoms. The topological polar surface area (TPSA) is 43.6 Å². The van der Waals surface area contributed by atoms with Crippen LogP contribution in [0.3, 0.4) is 0 Å². The van der Waals surface area contributed by atoms with Gasteiger partial charge in [-0.25, -0.2) is 0 Å². The van der Waals surface area contributed by atoms with Crippen LogP contribution in [0.5, 0.6) is 0 Å². The third-order valence-electron chi connectivity index (χ3n) is 4.47. The summed E-state index contributed by atoms with van der Waals surface area (Å²) in [4.78, 5) is 4.52. The molecule has 4 rings (SSSR count). The molecule has 0 radical (unpaired) electrons. The molecule has 0 amide bonds. The summed E-state index contributed by atoms with van der Waals surface area (Å²) in [7, 11) is 0. The Morgan fingerprint density at radius 3 is 2.67 bits per heavy atom. The molecule has 0 spiro atoms. The number of pyridine rings is 1. The second kappa shape index (κ2) is 8.11. The van der Waals surface area contributed by atoms with Gasteiger partial charge in [-0.3, -0.25) is 4.98 Å². The van der Waals surface area contributed by atoms with Crippen LogP contribution in [-0.2, 0) is 18.7 Å². The van der Waals surface area contributed by atoms with Crippen LogP contribution in [0.1, 0.15) is 23.9 Å². The Labute approximate surface area is 167 Å². The van der Waals surface area contributed by atoms with Gasteiger partial charge in [0.1, 0.15) is 5.82 Å². The molecule has 0 bridgehead atoms. The maximum absolute atomic E-state index is 6.30. The Morgan fingerprint density at radius 2 is 1.85 bits per heavy atom. The molecule has 4 aromatic rings. The third kappa shape index (κ3) is 3.84. The number of thioether (sulfide) groups is 1. The molecule has 0 saturated heterocycles. The van der Waals surface area contributed by atoms with Crippen LogP contribution in [0.25, 0.3) is 10.9 Å². The number of fused-ring (bicyclic) bond motifs is 1. The van der Waals surface area contributed by atoms with Gasteiger partial charge in [-0.1, -0.05) is 59.8 Å². The van der Waals surface area contributed by atoms with Gasteiger partial charge in [-0.15, -0.1) is 10.2 Å². The van der Waals surface area contributed by atoms with E-state index in [9.17, 15) is 0 Å². The van der Waals surface area contributed by atoms with Crippen molar-refractivity contribution in [3.8, 4) is 0 Å². The molecule has 0 aliphatic heterocycles. The van der Waals surface area contributed by atoms with Gasteiger partial charge in [-0.05, 0) is 36.2 Å². The molecule has 2 aromatic heterocycles. The fraction of sp³-hybridized carbons (Fsp3) is 0.190. The fourth-order valence-electron chi connectivity index (χ4n) is 3.11. The molecule has 0 atom stereocenters. The summed E-state index contributed by atoms with van der Waals surface area (Å²) < 4.78 is 2.18. The van der Waals surface area contributed by atoms with Gasteiger partial charge in [0.05, 0.1) is 5.52 Å². The van der Waals surface area contributed by atoms with Gasteiger partial charge >= 0.3 is 0 Å². The molecule has 0 unspecified atom stereocenters. The Bertz CT molecular complexity index is 1060. The first-order valence-electron chi connectivity index (χ1n) is 8.87. The minimum Gasteiger partial charge on any atom is -0.306 e. The van der Waals surface area contributed by atoms with Crippen molar-refractivity contribution in [1.82, 2.24) is 19.7 Å². The standard InChI is InChI=1S/C21H19ClN4S/c1-2-26-19(13-15-7-4-3-5-8-15)24-25-21(26)27-14-16-10-11-18(22)17-9-6-12-23-20(16)17/h3-12H,2,13-14H2,1H3. The van der Waals surface area contributed by atoms with E-state index >= 15 is 0 Å². The first-order chi connectivity index (χ1) is 13.3. The summed E-state index contributed by atoms with van der Waals surface area (Å²) >= 11 is 7.98. The van der Waals surface area contributed by atoms with Crippen molar-refractivity contribution in [1.29, 1.82) is 0 Å². The van der Waals surface area contributed by atoms with Gasteiger partial charge in [0.15, 0.2) is 5.16 Å². The lowest BCUT2D eigenvalue weighted by Crippen LogP contribution is -2.04. The van der Waals surface area contributed by atoms with Crippen molar-refractivity contribution in [3.63, 3.8) is 0 Å². The first-order valence-corrected chi connectivity index (χ1v) is 10.2.